The predicted molar refractivity (Wildman–Crippen MR) is 91.4 cm³/mol. The molecule has 0 radical (unpaired) electrons. The third kappa shape index (κ3) is 3.54. The molecule has 2 aromatic rings. The second-order valence-electron chi connectivity index (χ2n) is 4.65. The smallest absolute Gasteiger partial charge is 0.259 e. The van der Waals surface area contributed by atoms with Crippen molar-refractivity contribution in [2.75, 3.05) is 26.2 Å². The molecular weight excluding hydrogens is 419 g/mol. The number of halogens is 3. The molecular formula is C16H14F2INO3. The number of carbonyl (C=O) groups is 1. The first-order chi connectivity index (χ1) is 10.9. The van der Waals surface area contributed by atoms with Crippen molar-refractivity contribution in [3.05, 3.63) is 51.1 Å². The number of nitrogens with zero attached hydrogens (tertiary/aromatic N) is 1. The van der Waals surface area contributed by atoms with Crippen molar-refractivity contribution < 1.29 is 23.0 Å². The molecule has 0 bridgehead atoms. The average molecular weight is 433 g/mol. The van der Waals surface area contributed by atoms with Crippen molar-refractivity contribution in [3.8, 4) is 11.5 Å². The molecule has 7 heteroatoms. The van der Waals surface area contributed by atoms with Crippen molar-refractivity contribution >= 4 is 34.2 Å². The zero-order chi connectivity index (χ0) is 17.1. The van der Waals surface area contributed by atoms with Crippen LogP contribution < -0.4 is 14.4 Å². The number of carbonyl (C=O) groups excluding carboxylic acids is 1. The maximum atomic E-state index is 13.4. The van der Waals surface area contributed by atoms with E-state index in [-0.39, 0.29) is 11.6 Å². The van der Waals surface area contributed by atoms with Gasteiger partial charge in [0, 0.05) is 22.4 Å². The van der Waals surface area contributed by atoms with Crippen molar-refractivity contribution in [3.63, 3.8) is 0 Å². The van der Waals surface area contributed by atoms with E-state index in [0.29, 0.717) is 20.6 Å². The first kappa shape index (κ1) is 17.5. The summed E-state index contributed by atoms with van der Waals surface area (Å²) in [6, 6.07) is 6.52. The minimum Gasteiger partial charge on any atom is -0.493 e. The van der Waals surface area contributed by atoms with Crippen LogP contribution in [0, 0.1) is 15.2 Å². The third-order valence-electron chi connectivity index (χ3n) is 3.30. The molecule has 0 aliphatic carbocycles. The maximum absolute atomic E-state index is 13.4. The normalized spacial score (nSPS) is 10.3. The summed E-state index contributed by atoms with van der Waals surface area (Å²) in [6.07, 6.45) is 0. The molecule has 2 rings (SSSR count). The Morgan fingerprint density at radius 3 is 2.22 bits per heavy atom. The molecule has 0 aliphatic heterocycles. The number of ether oxygens (including phenoxy) is 2. The monoisotopic (exact) mass is 433 g/mol. The Bertz CT molecular complexity index is 752. The van der Waals surface area contributed by atoms with E-state index >= 15 is 0 Å². The highest BCUT2D eigenvalue weighted by Crippen LogP contribution is 2.32. The number of hydrogen-bond acceptors (Lipinski definition) is 3. The number of methoxy groups -OCH3 is 2. The van der Waals surface area contributed by atoms with Gasteiger partial charge in [0.15, 0.2) is 23.1 Å². The van der Waals surface area contributed by atoms with Crippen LogP contribution in [0.25, 0.3) is 0 Å². The molecule has 122 valence electrons. The summed E-state index contributed by atoms with van der Waals surface area (Å²) in [5, 5.41) is 0. The molecule has 0 saturated heterocycles. The number of rotatable bonds is 4. The molecule has 0 N–H and O–H groups in total. The summed E-state index contributed by atoms with van der Waals surface area (Å²) in [4.78, 5) is 13.9. The van der Waals surface area contributed by atoms with Gasteiger partial charge in [-0.15, -0.1) is 0 Å². The van der Waals surface area contributed by atoms with Crippen LogP contribution in [-0.2, 0) is 0 Å². The highest BCUT2D eigenvalue weighted by molar-refractivity contribution is 14.1. The molecule has 0 atom stereocenters. The average Bonchev–Trinajstić information content (AvgIpc) is 2.55. The van der Waals surface area contributed by atoms with Crippen LogP contribution in [0.4, 0.5) is 14.5 Å². The molecule has 0 spiro atoms. The van der Waals surface area contributed by atoms with Gasteiger partial charge in [-0.1, -0.05) is 0 Å². The lowest BCUT2D eigenvalue weighted by atomic mass is 10.1. The Hall–Kier alpha value is -1.90. The molecule has 0 heterocycles. The fourth-order valence-corrected chi connectivity index (χ4v) is 2.68. The Kier molecular flexibility index (Phi) is 5.40. The molecule has 2 aromatic carbocycles. The van der Waals surface area contributed by atoms with Crippen LogP contribution in [0.5, 0.6) is 11.5 Å². The summed E-state index contributed by atoms with van der Waals surface area (Å²) in [7, 11) is 4.46. The Balaban J connectivity index is 2.41. The van der Waals surface area contributed by atoms with Crippen LogP contribution in [-0.4, -0.2) is 27.2 Å². The Labute approximate surface area is 146 Å². The molecule has 0 aromatic heterocycles. The number of benzene rings is 2. The van der Waals surface area contributed by atoms with E-state index in [1.54, 1.807) is 12.1 Å². The van der Waals surface area contributed by atoms with E-state index in [2.05, 4.69) is 0 Å². The summed E-state index contributed by atoms with van der Waals surface area (Å²) in [5.74, 6) is -1.43. The molecule has 0 saturated carbocycles. The van der Waals surface area contributed by atoms with Gasteiger partial charge in [0.2, 0.25) is 0 Å². The quantitative estimate of drug-likeness (QED) is 0.688. The highest BCUT2D eigenvalue weighted by atomic mass is 127. The minimum absolute atomic E-state index is 0.250. The van der Waals surface area contributed by atoms with Crippen molar-refractivity contribution in [1.29, 1.82) is 0 Å². The van der Waals surface area contributed by atoms with E-state index in [4.69, 9.17) is 9.47 Å². The molecule has 4 nitrogen and oxygen atoms in total. The largest absolute Gasteiger partial charge is 0.493 e. The van der Waals surface area contributed by atoms with E-state index < -0.39 is 11.6 Å². The summed E-state index contributed by atoms with van der Waals surface area (Å²) in [5.41, 5.74) is 0.620. The van der Waals surface area contributed by atoms with Crippen LogP contribution >= 0.6 is 22.6 Å². The van der Waals surface area contributed by atoms with Gasteiger partial charge < -0.3 is 14.4 Å². The second kappa shape index (κ2) is 7.12. The van der Waals surface area contributed by atoms with Crippen LogP contribution in [0.2, 0.25) is 0 Å². The van der Waals surface area contributed by atoms with Gasteiger partial charge in [0.05, 0.1) is 19.8 Å². The fourth-order valence-electron chi connectivity index (χ4n) is 2.01. The number of hydrogen-bond donors (Lipinski definition) is 0. The SMILES string of the molecule is COc1cc(I)c(C(=O)N(C)c2ccc(F)c(F)c2)cc1OC. The van der Waals surface area contributed by atoms with Gasteiger partial charge in [0.1, 0.15) is 0 Å². The first-order valence-electron chi connectivity index (χ1n) is 6.53. The van der Waals surface area contributed by atoms with Gasteiger partial charge in [0.25, 0.3) is 5.91 Å². The summed E-state index contributed by atoms with van der Waals surface area (Å²) in [6.45, 7) is 0. The minimum atomic E-state index is -1.01. The maximum Gasteiger partial charge on any atom is 0.259 e. The number of amides is 1. The fraction of sp³-hybridized carbons (Fsp3) is 0.188. The van der Waals surface area contributed by atoms with E-state index in [9.17, 15) is 13.6 Å². The zero-order valence-electron chi connectivity index (χ0n) is 12.7. The lowest BCUT2D eigenvalue weighted by Gasteiger charge is -2.19. The van der Waals surface area contributed by atoms with Gasteiger partial charge in [-0.2, -0.15) is 0 Å². The van der Waals surface area contributed by atoms with Crippen molar-refractivity contribution in [2.45, 2.75) is 0 Å². The predicted octanol–water partition coefficient (Wildman–Crippen LogP) is 3.86. The van der Waals surface area contributed by atoms with E-state index in [0.717, 1.165) is 12.1 Å². The van der Waals surface area contributed by atoms with Gasteiger partial charge in [-0.05, 0) is 46.9 Å². The highest BCUT2D eigenvalue weighted by Gasteiger charge is 2.20. The Morgan fingerprint density at radius 1 is 1.04 bits per heavy atom. The van der Waals surface area contributed by atoms with Crippen LogP contribution in [0.3, 0.4) is 0 Å². The summed E-state index contributed by atoms with van der Waals surface area (Å²) >= 11 is 2.01. The van der Waals surface area contributed by atoms with Gasteiger partial charge in [-0.25, -0.2) is 8.78 Å². The van der Waals surface area contributed by atoms with Crippen LogP contribution in [0.15, 0.2) is 30.3 Å². The standard InChI is InChI=1S/C16H14F2INO3/c1-20(9-4-5-11(17)12(18)6-9)16(21)10-7-14(22-2)15(23-3)8-13(10)19/h4-8H,1-3H3. The van der Waals surface area contributed by atoms with Gasteiger partial charge >= 0.3 is 0 Å². The van der Waals surface area contributed by atoms with E-state index in [1.807, 2.05) is 22.6 Å². The van der Waals surface area contributed by atoms with Crippen molar-refractivity contribution in [1.82, 2.24) is 0 Å². The van der Waals surface area contributed by atoms with E-state index in [1.165, 1.54) is 32.2 Å². The third-order valence-corrected chi connectivity index (χ3v) is 4.19. The summed E-state index contributed by atoms with van der Waals surface area (Å²) < 4.78 is 37.4. The molecule has 23 heavy (non-hydrogen) atoms. The topological polar surface area (TPSA) is 38.8 Å². The lowest BCUT2D eigenvalue weighted by molar-refractivity contribution is 0.0991. The molecule has 0 fully saturated rings. The molecule has 0 aliphatic rings. The first-order valence-corrected chi connectivity index (χ1v) is 7.61. The van der Waals surface area contributed by atoms with Crippen LogP contribution in [0.1, 0.15) is 10.4 Å². The lowest BCUT2D eigenvalue weighted by Crippen LogP contribution is -2.27. The Morgan fingerprint density at radius 2 is 1.65 bits per heavy atom. The molecule has 0 unspecified atom stereocenters. The second-order valence-corrected chi connectivity index (χ2v) is 5.81. The van der Waals surface area contributed by atoms with Gasteiger partial charge in [-0.3, -0.25) is 4.79 Å². The number of anilines is 1. The van der Waals surface area contributed by atoms with Crippen molar-refractivity contribution in [2.24, 2.45) is 0 Å². The molecule has 1 amide bonds. The zero-order valence-corrected chi connectivity index (χ0v) is 14.9.